The van der Waals surface area contributed by atoms with Crippen LogP contribution in [0.4, 0.5) is 17.1 Å². The number of non-ortho nitro benzene ring substituents is 1. The minimum absolute atomic E-state index is 0.0207. The summed E-state index contributed by atoms with van der Waals surface area (Å²) in [5.74, 6) is -2.04. The van der Waals surface area contributed by atoms with Crippen LogP contribution in [0.1, 0.15) is 11.6 Å². The monoisotopic (exact) mass is 499 g/mol. The molecule has 34 heavy (non-hydrogen) atoms. The van der Waals surface area contributed by atoms with E-state index in [9.17, 15) is 24.8 Å². The second kappa shape index (κ2) is 8.28. The van der Waals surface area contributed by atoms with Gasteiger partial charge < -0.3 is 5.11 Å². The largest absolute Gasteiger partial charge is 0.508 e. The summed E-state index contributed by atoms with van der Waals surface area (Å²) in [6.07, 6.45) is -1.17. The molecule has 5 rings (SSSR count). The Kier molecular flexibility index (Phi) is 5.40. The third kappa shape index (κ3) is 3.54. The van der Waals surface area contributed by atoms with Crippen LogP contribution < -0.4 is 9.96 Å². The molecule has 0 radical (unpaired) electrons. The summed E-state index contributed by atoms with van der Waals surface area (Å²) in [4.78, 5) is 44.6. The van der Waals surface area contributed by atoms with Crippen molar-refractivity contribution < 1.29 is 24.5 Å². The first kappa shape index (κ1) is 22.1. The van der Waals surface area contributed by atoms with E-state index in [-0.39, 0.29) is 27.2 Å². The maximum absolute atomic E-state index is 13.6. The number of halogens is 2. The number of hydroxylamine groups is 1. The Morgan fingerprint density at radius 1 is 0.912 bits per heavy atom. The number of carbonyl (C=O) groups is 2. The maximum Gasteiger partial charge on any atom is 0.271 e. The third-order valence-electron chi connectivity index (χ3n) is 5.81. The lowest BCUT2D eigenvalue weighted by molar-refractivity contribution is -0.384. The average Bonchev–Trinajstić information content (AvgIpc) is 3.32. The number of phenolic OH excluding ortho intramolecular Hbond substituents is 1. The number of aromatic hydroxyl groups is 1. The van der Waals surface area contributed by atoms with Gasteiger partial charge in [0.1, 0.15) is 11.7 Å². The quantitative estimate of drug-likeness (QED) is 0.315. The first-order chi connectivity index (χ1) is 16.3. The summed E-state index contributed by atoms with van der Waals surface area (Å²) in [6, 6.07) is 15.5. The molecule has 3 atom stereocenters. The van der Waals surface area contributed by atoms with Gasteiger partial charge in [-0.3, -0.25) is 24.5 Å². The molecule has 0 aliphatic carbocycles. The number of imide groups is 1. The van der Waals surface area contributed by atoms with Crippen molar-refractivity contribution in [1.82, 2.24) is 0 Å². The second-order valence-electron chi connectivity index (χ2n) is 7.80. The van der Waals surface area contributed by atoms with Gasteiger partial charge in [0.05, 0.1) is 32.4 Å². The molecule has 2 heterocycles. The summed E-state index contributed by atoms with van der Waals surface area (Å²) in [7, 11) is 0. The van der Waals surface area contributed by atoms with Crippen LogP contribution in [0, 0.1) is 16.0 Å². The Balaban J connectivity index is 1.59. The smallest absolute Gasteiger partial charge is 0.271 e. The number of fused-ring (bicyclic) bond motifs is 1. The first-order valence-electron chi connectivity index (χ1n) is 10.1. The van der Waals surface area contributed by atoms with E-state index in [0.29, 0.717) is 11.3 Å². The fourth-order valence-corrected chi connectivity index (χ4v) is 4.56. The molecule has 0 saturated carbocycles. The van der Waals surface area contributed by atoms with Crippen LogP contribution in [0.5, 0.6) is 5.75 Å². The second-order valence-corrected chi connectivity index (χ2v) is 8.62. The van der Waals surface area contributed by atoms with Crippen molar-refractivity contribution in [2.45, 2.75) is 12.1 Å². The number of phenols is 1. The number of rotatable bonds is 4. The number of nitro groups is 1. The van der Waals surface area contributed by atoms with Crippen LogP contribution in [0.3, 0.4) is 0 Å². The molecule has 0 spiro atoms. The van der Waals surface area contributed by atoms with Crippen LogP contribution >= 0.6 is 23.2 Å². The number of benzene rings is 3. The molecule has 2 aliphatic heterocycles. The molecular formula is C23H15Cl2N3O6. The Morgan fingerprint density at radius 2 is 1.65 bits per heavy atom. The topological polar surface area (TPSA) is 113 Å². The fraction of sp³-hybridized carbons (Fsp3) is 0.130. The minimum atomic E-state index is -1.17. The van der Waals surface area contributed by atoms with Gasteiger partial charge in [0.15, 0.2) is 6.10 Å². The van der Waals surface area contributed by atoms with E-state index in [1.54, 1.807) is 18.2 Å². The minimum Gasteiger partial charge on any atom is -0.508 e. The van der Waals surface area contributed by atoms with Crippen LogP contribution in [-0.4, -0.2) is 27.9 Å². The molecule has 0 aromatic heterocycles. The number of nitro benzene ring substituents is 1. The van der Waals surface area contributed by atoms with Crippen molar-refractivity contribution in [2.75, 3.05) is 9.96 Å². The van der Waals surface area contributed by atoms with Crippen LogP contribution in [0.15, 0.2) is 66.7 Å². The van der Waals surface area contributed by atoms with Crippen molar-refractivity contribution in [2.24, 2.45) is 5.92 Å². The Bertz CT molecular complexity index is 1330. The molecular weight excluding hydrogens is 485 g/mol. The highest BCUT2D eigenvalue weighted by Gasteiger charge is 2.60. The van der Waals surface area contributed by atoms with E-state index in [4.69, 9.17) is 28.0 Å². The van der Waals surface area contributed by atoms with Gasteiger partial charge in [-0.15, -0.1) is 0 Å². The lowest BCUT2D eigenvalue weighted by Crippen LogP contribution is -2.37. The van der Waals surface area contributed by atoms with E-state index < -0.39 is 34.8 Å². The van der Waals surface area contributed by atoms with Crippen molar-refractivity contribution in [1.29, 1.82) is 0 Å². The van der Waals surface area contributed by atoms with Gasteiger partial charge in [0, 0.05) is 12.1 Å². The van der Waals surface area contributed by atoms with Gasteiger partial charge in [0.2, 0.25) is 5.91 Å². The maximum atomic E-state index is 13.6. The highest BCUT2D eigenvalue weighted by molar-refractivity contribution is 6.42. The van der Waals surface area contributed by atoms with E-state index >= 15 is 0 Å². The number of amides is 2. The van der Waals surface area contributed by atoms with Crippen molar-refractivity contribution in [3.05, 3.63) is 92.5 Å². The van der Waals surface area contributed by atoms with Gasteiger partial charge in [0.25, 0.3) is 11.6 Å². The molecule has 11 heteroatoms. The lowest BCUT2D eigenvalue weighted by Gasteiger charge is -2.28. The Labute approximate surface area is 202 Å². The first-order valence-corrected chi connectivity index (χ1v) is 10.8. The lowest BCUT2D eigenvalue weighted by atomic mass is 9.90. The molecule has 2 aliphatic rings. The zero-order chi connectivity index (χ0) is 24.1. The number of anilines is 2. The normalized spacial score (nSPS) is 21.8. The Hall–Kier alpha value is -3.66. The predicted octanol–water partition coefficient (Wildman–Crippen LogP) is 4.66. The molecule has 3 unspecified atom stereocenters. The molecule has 0 bridgehead atoms. The number of hydrogen-bond donors (Lipinski definition) is 1. The number of carbonyl (C=O) groups excluding carboxylic acids is 2. The van der Waals surface area contributed by atoms with Gasteiger partial charge >= 0.3 is 0 Å². The third-order valence-corrected chi connectivity index (χ3v) is 6.55. The van der Waals surface area contributed by atoms with E-state index in [2.05, 4.69) is 0 Å². The van der Waals surface area contributed by atoms with E-state index in [1.165, 1.54) is 53.6 Å². The van der Waals surface area contributed by atoms with Crippen LogP contribution in [0.25, 0.3) is 0 Å². The average molecular weight is 500 g/mol. The molecule has 172 valence electrons. The Morgan fingerprint density at radius 3 is 2.32 bits per heavy atom. The van der Waals surface area contributed by atoms with Crippen LogP contribution in [-0.2, 0) is 14.4 Å². The zero-order valence-corrected chi connectivity index (χ0v) is 18.7. The highest BCUT2D eigenvalue weighted by Crippen LogP contribution is 2.48. The van der Waals surface area contributed by atoms with Crippen molar-refractivity contribution in [3.8, 4) is 5.75 Å². The molecule has 3 aromatic carbocycles. The predicted molar refractivity (Wildman–Crippen MR) is 124 cm³/mol. The molecule has 1 N–H and O–H groups in total. The molecule has 2 saturated heterocycles. The van der Waals surface area contributed by atoms with Gasteiger partial charge in [-0.1, -0.05) is 41.4 Å². The summed E-state index contributed by atoms with van der Waals surface area (Å²) in [6.45, 7) is 0. The highest BCUT2D eigenvalue weighted by atomic mass is 35.5. The fourth-order valence-electron chi connectivity index (χ4n) is 4.27. The van der Waals surface area contributed by atoms with Gasteiger partial charge in [-0.05, 0) is 42.0 Å². The summed E-state index contributed by atoms with van der Waals surface area (Å²) in [5, 5.41) is 22.8. The van der Waals surface area contributed by atoms with E-state index in [0.717, 1.165) is 4.90 Å². The molecule has 3 aromatic rings. The summed E-state index contributed by atoms with van der Waals surface area (Å²) >= 11 is 12.1. The number of hydrogen-bond acceptors (Lipinski definition) is 7. The molecule has 9 nitrogen and oxygen atoms in total. The van der Waals surface area contributed by atoms with Crippen molar-refractivity contribution >= 4 is 52.1 Å². The SMILES string of the molecule is O=C1C2ON(c3cccc([N+](=O)[O-])c3)C(c3ccc(O)cc3)C2C(=O)N1c1ccc(Cl)c(Cl)c1. The van der Waals surface area contributed by atoms with Gasteiger partial charge in [-0.25, -0.2) is 9.96 Å². The van der Waals surface area contributed by atoms with Crippen LogP contribution in [0.2, 0.25) is 10.0 Å². The molecule has 2 amide bonds. The van der Waals surface area contributed by atoms with E-state index in [1.807, 2.05) is 0 Å². The number of nitrogens with zero attached hydrogens (tertiary/aromatic N) is 3. The van der Waals surface area contributed by atoms with Crippen molar-refractivity contribution in [3.63, 3.8) is 0 Å². The summed E-state index contributed by atoms with van der Waals surface area (Å²) in [5.41, 5.74) is 0.976. The standard InChI is InChI=1S/C23H15Cl2N3O6/c24-17-9-6-13(11-18(17)25)26-22(30)19-20(12-4-7-16(29)8-5-12)27(34-21(19)23(26)31)14-2-1-3-15(10-14)28(32)33/h1-11,19-21,29H. The molecule has 2 fully saturated rings. The summed E-state index contributed by atoms with van der Waals surface area (Å²) < 4.78 is 0. The van der Waals surface area contributed by atoms with Gasteiger partial charge in [-0.2, -0.15) is 0 Å². The zero-order valence-electron chi connectivity index (χ0n) is 17.2.